The molecule has 1 saturated heterocycles. The lowest BCUT2D eigenvalue weighted by Gasteiger charge is -2.27. The molecule has 0 spiro atoms. The lowest BCUT2D eigenvalue weighted by Crippen LogP contribution is -2.30. The molecule has 0 aliphatic carbocycles. The van der Waals surface area contributed by atoms with Gasteiger partial charge in [-0.05, 0) is 37.5 Å². The second kappa shape index (κ2) is 6.48. The fourth-order valence-electron chi connectivity index (χ4n) is 2.66. The minimum atomic E-state index is 0.322. The van der Waals surface area contributed by atoms with Crippen LogP contribution in [-0.4, -0.2) is 23.2 Å². The summed E-state index contributed by atoms with van der Waals surface area (Å²) < 4.78 is 0. The monoisotopic (exact) mass is 283 g/mol. The van der Waals surface area contributed by atoms with Gasteiger partial charge in [0.1, 0.15) is 11.6 Å². The van der Waals surface area contributed by atoms with Crippen LogP contribution in [0.2, 0.25) is 0 Å². The Labute approximate surface area is 125 Å². The van der Waals surface area contributed by atoms with Crippen LogP contribution in [0.25, 0.3) is 0 Å². The maximum Gasteiger partial charge on any atom is 0.128 e. The molecule has 1 aromatic carbocycles. The van der Waals surface area contributed by atoms with Crippen LogP contribution in [0.3, 0.4) is 0 Å². The van der Waals surface area contributed by atoms with E-state index in [1.807, 2.05) is 24.4 Å². The molecular formula is C17H21N3O. The van der Waals surface area contributed by atoms with Gasteiger partial charge in [0, 0.05) is 25.2 Å². The predicted octanol–water partition coefficient (Wildman–Crippen LogP) is 3.39. The van der Waals surface area contributed by atoms with Crippen molar-refractivity contribution < 1.29 is 5.11 Å². The summed E-state index contributed by atoms with van der Waals surface area (Å²) in [5.74, 6) is 1.38. The number of hydrogen-bond acceptors (Lipinski definition) is 4. The van der Waals surface area contributed by atoms with Gasteiger partial charge in [0.15, 0.2) is 0 Å². The normalized spacial score (nSPS) is 15.0. The summed E-state index contributed by atoms with van der Waals surface area (Å²) in [6.07, 6.45) is 5.71. The number of pyridine rings is 1. The average molecular weight is 283 g/mol. The highest BCUT2D eigenvalue weighted by molar-refractivity contribution is 5.49. The quantitative estimate of drug-likeness (QED) is 0.903. The Morgan fingerprint density at radius 3 is 2.57 bits per heavy atom. The van der Waals surface area contributed by atoms with Crippen LogP contribution in [0.1, 0.15) is 24.8 Å². The third kappa shape index (κ3) is 3.45. The predicted molar refractivity (Wildman–Crippen MR) is 85.7 cm³/mol. The molecule has 0 amide bonds. The second-order valence-electron chi connectivity index (χ2n) is 5.44. The molecule has 21 heavy (non-hydrogen) atoms. The molecule has 2 heterocycles. The zero-order valence-corrected chi connectivity index (χ0v) is 12.1. The van der Waals surface area contributed by atoms with E-state index in [1.54, 1.807) is 6.07 Å². The molecule has 0 bridgehead atoms. The number of nitrogens with one attached hydrogen (secondary N) is 1. The Morgan fingerprint density at radius 2 is 1.86 bits per heavy atom. The van der Waals surface area contributed by atoms with Crippen LogP contribution in [0.5, 0.6) is 5.75 Å². The van der Waals surface area contributed by atoms with Crippen LogP contribution >= 0.6 is 0 Å². The van der Waals surface area contributed by atoms with Gasteiger partial charge >= 0.3 is 0 Å². The molecule has 2 N–H and O–H groups in total. The lowest BCUT2D eigenvalue weighted by molar-refractivity contribution is 0.469. The molecule has 0 unspecified atom stereocenters. The molecule has 1 aliphatic heterocycles. The Hall–Kier alpha value is -2.23. The standard InChI is InChI=1S/C17H21N3O/c21-16-7-3-2-6-14(16)12-18-15-8-9-17(19-13-15)20-10-4-1-5-11-20/h2-3,6-9,13,18,21H,1,4-5,10-12H2. The summed E-state index contributed by atoms with van der Waals surface area (Å²) in [6.45, 7) is 2.81. The molecule has 110 valence electrons. The topological polar surface area (TPSA) is 48.4 Å². The van der Waals surface area contributed by atoms with Crippen molar-refractivity contribution in [3.05, 3.63) is 48.2 Å². The largest absolute Gasteiger partial charge is 0.508 e. The van der Waals surface area contributed by atoms with Gasteiger partial charge < -0.3 is 15.3 Å². The van der Waals surface area contributed by atoms with E-state index in [1.165, 1.54) is 19.3 Å². The highest BCUT2D eigenvalue weighted by Crippen LogP contribution is 2.20. The summed E-state index contributed by atoms with van der Waals surface area (Å²) >= 11 is 0. The Morgan fingerprint density at radius 1 is 1.05 bits per heavy atom. The van der Waals surface area contributed by atoms with E-state index in [0.29, 0.717) is 12.3 Å². The van der Waals surface area contributed by atoms with Gasteiger partial charge in [0.05, 0.1) is 11.9 Å². The second-order valence-corrected chi connectivity index (χ2v) is 5.44. The summed E-state index contributed by atoms with van der Waals surface area (Å²) in [4.78, 5) is 6.88. The summed E-state index contributed by atoms with van der Waals surface area (Å²) in [7, 11) is 0. The number of anilines is 2. The highest BCUT2D eigenvalue weighted by atomic mass is 16.3. The molecule has 4 nitrogen and oxygen atoms in total. The maximum atomic E-state index is 9.74. The Bertz CT molecular complexity index is 577. The zero-order chi connectivity index (χ0) is 14.5. The number of aromatic nitrogens is 1. The van der Waals surface area contributed by atoms with E-state index in [-0.39, 0.29) is 0 Å². The van der Waals surface area contributed by atoms with Crippen LogP contribution in [0.4, 0.5) is 11.5 Å². The zero-order valence-electron chi connectivity index (χ0n) is 12.1. The van der Waals surface area contributed by atoms with Crippen LogP contribution < -0.4 is 10.2 Å². The molecule has 2 aromatic rings. The molecule has 1 fully saturated rings. The fourth-order valence-corrected chi connectivity index (χ4v) is 2.66. The van der Waals surface area contributed by atoms with Gasteiger partial charge in [-0.15, -0.1) is 0 Å². The van der Waals surface area contributed by atoms with Crippen molar-refractivity contribution >= 4 is 11.5 Å². The van der Waals surface area contributed by atoms with Crippen molar-refractivity contribution in [3.8, 4) is 5.75 Å². The molecule has 4 heteroatoms. The van der Waals surface area contributed by atoms with E-state index in [4.69, 9.17) is 0 Å². The van der Waals surface area contributed by atoms with Gasteiger partial charge in [0.25, 0.3) is 0 Å². The number of benzene rings is 1. The van der Waals surface area contributed by atoms with Crippen LogP contribution in [0.15, 0.2) is 42.6 Å². The number of hydrogen-bond donors (Lipinski definition) is 2. The average Bonchev–Trinajstić information content (AvgIpc) is 2.55. The molecule has 1 aromatic heterocycles. The number of aromatic hydroxyl groups is 1. The lowest BCUT2D eigenvalue weighted by atomic mass is 10.1. The molecule has 1 aliphatic rings. The van der Waals surface area contributed by atoms with E-state index in [0.717, 1.165) is 30.2 Å². The first-order chi connectivity index (χ1) is 10.3. The number of para-hydroxylation sites is 1. The smallest absolute Gasteiger partial charge is 0.128 e. The van der Waals surface area contributed by atoms with Gasteiger partial charge in [-0.2, -0.15) is 0 Å². The first kappa shape index (κ1) is 13.7. The van der Waals surface area contributed by atoms with Crippen molar-refractivity contribution in [3.63, 3.8) is 0 Å². The summed E-state index contributed by atoms with van der Waals surface area (Å²) in [5.41, 5.74) is 1.86. The van der Waals surface area contributed by atoms with Gasteiger partial charge in [-0.25, -0.2) is 4.98 Å². The van der Waals surface area contributed by atoms with E-state index in [9.17, 15) is 5.11 Å². The highest BCUT2D eigenvalue weighted by Gasteiger charge is 2.11. The maximum absolute atomic E-state index is 9.74. The fraction of sp³-hybridized carbons (Fsp3) is 0.353. The van der Waals surface area contributed by atoms with E-state index >= 15 is 0 Å². The van der Waals surface area contributed by atoms with E-state index in [2.05, 4.69) is 27.3 Å². The van der Waals surface area contributed by atoms with Crippen molar-refractivity contribution in [1.29, 1.82) is 0 Å². The summed E-state index contributed by atoms with van der Waals surface area (Å²) in [5, 5.41) is 13.0. The summed E-state index contributed by atoms with van der Waals surface area (Å²) in [6, 6.07) is 11.5. The first-order valence-corrected chi connectivity index (χ1v) is 7.55. The third-order valence-corrected chi connectivity index (χ3v) is 3.90. The number of rotatable bonds is 4. The molecule has 0 saturated carbocycles. The number of phenols is 1. The minimum absolute atomic E-state index is 0.322. The SMILES string of the molecule is Oc1ccccc1CNc1ccc(N2CCCCC2)nc1. The third-order valence-electron chi connectivity index (χ3n) is 3.90. The van der Waals surface area contributed by atoms with Gasteiger partial charge in [-0.1, -0.05) is 18.2 Å². The first-order valence-electron chi connectivity index (χ1n) is 7.55. The van der Waals surface area contributed by atoms with Crippen molar-refractivity contribution in [1.82, 2.24) is 4.98 Å². The van der Waals surface area contributed by atoms with E-state index < -0.39 is 0 Å². The van der Waals surface area contributed by atoms with Gasteiger partial charge in [0.2, 0.25) is 0 Å². The van der Waals surface area contributed by atoms with Crippen LogP contribution in [0, 0.1) is 0 Å². The van der Waals surface area contributed by atoms with Crippen LogP contribution in [-0.2, 0) is 6.54 Å². The molecule has 0 atom stereocenters. The number of nitrogens with zero attached hydrogens (tertiary/aromatic N) is 2. The number of piperidine rings is 1. The molecule has 3 rings (SSSR count). The van der Waals surface area contributed by atoms with Crippen molar-refractivity contribution in [2.24, 2.45) is 0 Å². The Balaban J connectivity index is 1.60. The molecule has 0 radical (unpaired) electrons. The minimum Gasteiger partial charge on any atom is -0.508 e. The molecular weight excluding hydrogens is 262 g/mol. The van der Waals surface area contributed by atoms with Crippen molar-refractivity contribution in [2.75, 3.05) is 23.3 Å². The van der Waals surface area contributed by atoms with Gasteiger partial charge in [-0.3, -0.25) is 0 Å². The number of phenolic OH excluding ortho intramolecular Hbond substituents is 1. The Kier molecular flexibility index (Phi) is 4.24. The van der Waals surface area contributed by atoms with Crippen molar-refractivity contribution in [2.45, 2.75) is 25.8 Å².